The molecule has 0 aliphatic heterocycles. The van der Waals surface area contributed by atoms with Crippen LogP contribution in [-0.4, -0.2) is 39.6 Å². The van der Waals surface area contributed by atoms with Crippen LogP contribution in [0.2, 0.25) is 0 Å². The van der Waals surface area contributed by atoms with E-state index < -0.39 is 21.0 Å². The summed E-state index contributed by atoms with van der Waals surface area (Å²) in [5.41, 5.74) is -0.0425. The van der Waals surface area contributed by atoms with Gasteiger partial charge in [0.1, 0.15) is 5.69 Å². The van der Waals surface area contributed by atoms with Gasteiger partial charge in [0, 0.05) is 25.8 Å². The maximum Gasteiger partial charge on any atom is 0.293 e. The zero-order valence-corrected chi connectivity index (χ0v) is 12.9. The van der Waals surface area contributed by atoms with Gasteiger partial charge in [-0.2, -0.15) is 0 Å². The fraction of sp³-hybridized carbons (Fsp3) is 0.500. The summed E-state index contributed by atoms with van der Waals surface area (Å²) in [6.45, 7) is 4.17. The zero-order valence-electron chi connectivity index (χ0n) is 12.1. The number of rotatable bonds is 8. The lowest BCUT2D eigenvalue weighted by molar-refractivity contribution is -0.384. The highest BCUT2D eigenvalue weighted by atomic mass is 32.2. The fourth-order valence-corrected chi connectivity index (χ4v) is 2.95. The number of ether oxygens (including phenoxy) is 1. The van der Waals surface area contributed by atoms with Crippen molar-refractivity contribution in [2.45, 2.75) is 24.8 Å². The molecule has 1 unspecified atom stereocenters. The van der Waals surface area contributed by atoms with E-state index in [1.54, 1.807) is 13.8 Å². The van der Waals surface area contributed by atoms with Gasteiger partial charge in [0.25, 0.3) is 5.69 Å². The van der Waals surface area contributed by atoms with Crippen LogP contribution in [-0.2, 0) is 14.8 Å². The van der Waals surface area contributed by atoms with Gasteiger partial charge in [-0.05, 0) is 26.0 Å². The number of sulfonamides is 1. The van der Waals surface area contributed by atoms with E-state index >= 15 is 0 Å². The van der Waals surface area contributed by atoms with Gasteiger partial charge in [-0.3, -0.25) is 10.1 Å². The Morgan fingerprint density at radius 2 is 2.10 bits per heavy atom. The molecule has 9 heteroatoms. The first-order valence-corrected chi connectivity index (χ1v) is 7.86. The Labute approximate surface area is 123 Å². The first-order valence-electron chi connectivity index (χ1n) is 6.38. The van der Waals surface area contributed by atoms with Crippen molar-refractivity contribution in [2.75, 3.05) is 25.6 Å². The van der Waals surface area contributed by atoms with E-state index in [0.29, 0.717) is 6.61 Å². The number of benzene rings is 1. The normalized spacial score (nSPS) is 12.9. The Bertz CT molecular complexity index is 603. The number of nitro groups is 1. The molecule has 0 saturated heterocycles. The molecule has 0 heterocycles. The Morgan fingerprint density at radius 3 is 2.62 bits per heavy atom. The van der Waals surface area contributed by atoms with Crippen LogP contribution in [0.3, 0.4) is 0 Å². The first kappa shape index (κ1) is 17.3. The lowest BCUT2D eigenvalue weighted by Gasteiger charge is -2.14. The molecule has 1 aromatic rings. The molecule has 1 atom stereocenters. The smallest absolute Gasteiger partial charge is 0.293 e. The fourth-order valence-electron chi connectivity index (χ4n) is 1.70. The second-order valence-corrected chi connectivity index (χ2v) is 6.08. The third kappa shape index (κ3) is 4.66. The molecule has 0 radical (unpaired) electrons. The van der Waals surface area contributed by atoms with Crippen LogP contribution in [0, 0.1) is 10.1 Å². The zero-order chi connectivity index (χ0) is 16.0. The lowest BCUT2D eigenvalue weighted by atomic mass is 10.3. The molecular weight excluding hydrogens is 298 g/mol. The number of anilines is 1. The summed E-state index contributed by atoms with van der Waals surface area (Å²) in [5.74, 6) is 0. The Kier molecular flexibility index (Phi) is 6.06. The van der Waals surface area contributed by atoms with Gasteiger partial charge in [0.15, 0.2) is 0 Å². The highest BCUT2D eigenvalue weighted by Crippen LogP contribution is 2.27. The van der Waals surface area contributed by atoms with Crippen molar-refractivity contribution in [1.29, 1.82) is 0 Å². The molecule has 1 aromatic carbocycles. The molecule has 0 spiro atoms. The van der Waals surface area contributed by atoms with Gasteiger partial charge < -0.3 is 10.1 Å². The number of hydrogen-bond donors (Lipinski definition) is 2. The summed E-state index contributed by atoms with van der Waals surface area (Å²) in [6.07, 6.45) is 0. The lowest BCUT2D eigenvalue weighted by Crippen LogP contribution is -2.35. The quantitative estimate of drug-likeness (QED) is 0.553. The molecule has 2 N–H and O–H groups in total. The largest absolute Gasteiger partial charge is 0.383 e. The summed E-state index contributed by atoms with van der Waals surface area (Å²) in [6, 6.07) is 3.27. The van der Waals surface area contributed by atoms with Crippen LogP contribution in [0.4, 0.5) is 11.4 Å². The van der Waals surface area contributed by atoms with Gasteiger partial charge in [-0.15, -0.1) is 0 Å². The number of nitrogens with one attached hydrogen (secondary N) is 2. The van der Waals surface area contributed by atoms with Crippen LogP contribution in [0.15, 0.2) is 23.1 Å². The van der Waals surface area contributed by atoms with Crippen LogP contribution >= 0.6 is 0 Å². The van der Waals surface area contributed by atoms with E-state index in [2.05, 4.69) is 10.0 Å². The van der Waals surface area contributed by atoms with Crippen molar-refractivity contribution in [1.82, 2.24) is 4.72 Å². The third-order valence-corrected chi connectivity index (χ3v) is 4.26. The minimum atomic E-state index is -3.83. The van der Waals surface area contributed by atoms with Crippen LogP contribution in [0.25, 0.3) is 0 Å². The molecule has 0 fully saturated rings. The molecule has 0 aromatic heterocycles. The molecule has 0 aliphatic rings. The molecule has 118 valence electrons. The van der Waals surface area contributed by atoms with Crippen molar-refractivity contribution in [2.24, 2.45) is 0 Å². The summed E-state index contributed by atoms with van der Waals surface area (Å²) < 4.78 is 31.9. The monoisotopic (exact) mass is 317 g/mol. The summed E-state index contributed by atoms with van der Waals surface area (Å²) >= 11 is 0. The average Bonchev–Trinajstić information content (AvgIpc) is 2.43. The van der Waals surface area contributed by atoms with Crippen molar-refractivity contribution in [3.05, 3.63) is 28.3 Å². The second kappa shape index (κ2) is 7.34. The van der Waals surface area contributed by atoms with E-state index in [9.17, 15) is 18.5 Å². The minimum absolute atomic E-state index is 0.156. The predicted octanol–water partition coefficient (Wildman–Crippen LogP) is 1.34. The van der Waals surface area contributed by atoms with Gasteiger partial charge in [-0.1, -0.05) is 0 Å². The topological polar surface area (TPSA) is 111 Å². The number of hydrogen-bond acceptors (Lipinski definition) is 6. The van der Waals surface area contributed by atoms with Gasteiger partial charge in [0.05, 0.1) is 16.4 Å². The Hall–Kier alpha value is -1.71. The highest BCUT2D eigenvalue weighted by molar-refractivity contribution is 7.89. The van der Waals surface area contributed by atoms with Crippen molar-refractivity contribution >= 4 is 21.4 Å². The molecule has 1 rings (SSSR count). The van der Waals surface area contributed by atoms with Gasteiger partial charge in [-0.25, -0.2) is 13.1 Å². The maximum atomic E-state index is 12.2. The van der Waals surface area contributed by atoms with Crippen LogP contribution < -0.4 is 10.0 Å². The molecule has 0 aliphatic carbocycles. The molecule has 21 heavy (non-hydrogen) atoms. The minimum Gasteiger partial charge on any atom is -0.383 e. The Balaban J connectivity index is 3.03. The molecule has 0 saturated carbocycles. The summed E-state index contributed by atoms with van der Waals surface area (Å²) in [4.78, 5) is 10.2. The molecular formula is C12H19N3O5S. The standard InChI is InChI=1S/C12H19N3O5S/c1-4-20-8-9(2)14-21(18,19)10-5-6-11(13-3)12(7-10)15(16)17/h5-7,9,13-14H,4,8H2,1-3H3. The van der Waals surface area contributed by atoms with Gasteiger partial charge >= 0.3 is 0 Å². The average molecular weight is 317 g/mol. The molecule has 8 nitrogen and oxygen atoms in total. The van der Waals surface area contributed by atoms with Crippen molar-refractivity contribution in [3.8, 4) is 0 Å². The Morgan fingerprint density at radius 1 is 1.43 bits per heavy atom. The summed E-state index contributed by atoms with van der Waals surface area (Å²) in [5, 5.41) is 13.6. The van der Waals surface area contributed by atoms with E-state index in [-0.39, 0.29) is 22.9 Å². The van der Waals surface area contributed by atoms with E-state index in [1.807, 2.05) is 0 Å². The first-order chi connectivity index (χ1) is 9.81. The van der Waals surface area contributed by atoms with Crippen LogP contribution in [0.5, 0.6) is 0 Å². The predicted molar refractivity (Wildman–Crippen MR) is 78.9 cm³/mol. The summed E-state index contributed by atoms with van der Waals surface area (Å²) in [7, 11) is -2.31. The van der Waals surface area contributed by atoms with Crippen LogP contribution in [0.1, 0.15) is 13.8 Å². The number of nitro benzene ring substituents is 1. The SMILES string of the molecule is CCOCC(C)NS(=O)(=O)c1ccc(NC)c([N+](=O)[O-])c1. The van der Waals surface area contributed by atoms with Gasteiger partial charge in [0.2, 0.25) is 10.0 Å². The third-order valence-electron chi connectivity index (χ3n) is 2.67. The maximum absolute atomic E-state index is 12.2. The van der Waals surface area contributed by atoms with E-state index in [4.69, 9.17) is 4.74 Å². The highest BCUT2D eigenvalue weighted by Gasteiger charge is 2.22. The van der Waals surface area contributed by atoms with E-state index in [0.717, 1.165) is 6.07 Å². The number of nitrogens with zero attached hydrogens (tertiary/aromatic N) is 1. The second-order valence-electron chi connectivity index (χ2n) is 4.37. The van der Waals surface area contributed by atoms with Crippen molar-refractivity contribution in [3.63, 3.8) is 0 Å². The van der Waals surface area contributed by atoms with Crippen molar-refractivity contribution < 1.29 is 18.1 Å². The van der Waals surface area contributed by atoms with E-state index in [1.165, 1.54) is 19.2 Å². The molecule has 0 amide bonds. The molecule has 0 bridgehead atoms.